The molecule has 13 nitrogen and oxygen atoms in total. The Hall–Kier alpha value is -12.5. The first-order chi connectivity index (χ1) is 45.5. The average Bonchev–Trinajstić information content (AvgIpc) is 1.64. The minimum atomic E-state index is 0.581. The SMILES string of the molecule is c1cc(-c2nc3ccccc3o2)cc(-n2c3ccc(-c4nc5ccccc5o4)cc3c3cc(-c4nc5ccccc5o4)ccc32)c1.c1cc(-c2nc3ccccc3s2)cc(-n2c3ccc(-c4nc5ccccc5o4)cc3c3cc(-c4nc5ccccc5o4)ccc32)c1. The molecule has 8 aromatic heterocycles. The lowest BCUT2D eigenvalue weighted by Gasteiger charge is -2.09. The Bertz CT molecular complexity index is 5490. The quantitative estimate of drug-likeness (QED) is 0.143. The van der Waals surface area contributed by atoms with E-state index in [1.165, 1.54) is 4.70 Å². The minimum absolute atomic E-state index is 0.581. The highest BCUT2D eigenvalue weighted by Crippen LogP contribution is 2.42. The molecule has 14 heteroatoms. The van der Waals surface area contributed by atoms with E-state index in [2.05, 4.69) is 137 Å². The van der Waals surface area contributed by atoms with E-state index in [0.29, 0.717) is 29.5 Å². The van der Waals surface area contributed by atoms with Gasteiger partial charge in [0.2, 0.25) is 29.5 Å². The Morgan fingerprint density at radius 2 is 0.533 bits per heavy atom. The molecule has 20 rings (SSSR count). The van der Waals surface area contributed by atoms with Crippen LogP contribution in [0.2, 0.25) is 0 Å². The van der Waals surface area contributed by atoms with Crippen LogP contribution in [0.3, 0.4) is 0 Å². The van der Waals surface area contributed by atoms with Crippen molar-refractivity contribution in [2.24, 2.45) is 0 Å². The van der Waals surface area contributed by atoms with Crippen LogP contribution in [-0.4, -0.2) is 39.0 Å². The lowest BCUT2D eigenvalue weighted by atomic mass is 10.1. The summed E-state index contributed by atoms with van der Waals surface area (Å²) >= 11 is 1.71. The minimum Gasteiger partial charge on any atom is -0.436 e. The highest BCUT2D eigenvalue weighted by Gasteiger charge is 2.22. The number of rotatable bonds is 8. The van der Waals surface area contributed by atoms with E-state index in [1.807, 2.05) is 140 Å². The highest BCUT2D eigenvalue weighted by molar-refractivity contribution is 7.21. The lowest BCUT2D eigenvalue weighted by molar-refractivity contribution is 0.619. The van der Waals surface area contributed by atoms with Crippen molar-refractivity contribution in [2.75, 3.05) is 0 Å². The van der Waals surface area contributed by atoms with Crippen LogP contribution in [-0.2, 0) is 0 Å². The number of para-hydroxylation sites is 11. The van der Waals surface area contributed by atoms with Gasteiger partial charge in [-0.2, -0.15) is 0 Å². The molecule has 0 atom stereocenters. The first-order valence-corrected chi connectivity index (χ1v) is 30.8. The van der Waals surface area contributed by atoms with E-state index < -0.39 is 0 Å². The van der Waals surface area contributed by atoms with Crippen LogP contribution in [0.25, 0.3) is 189 Å². The molecule has 12 aromatic carbocycles. The average molecular weight is 1210 g/mol. The Kier molecular flexibility index (Phi) is 11.5. The van der Waals surface area contributed by atoms with Crippen molar-refractivity contribution in [3.8, 4) is 79.2 Å². The summed E-state index contributed by atoms with van der Waals surface area (Å²) in [6.07, 6.45) is 0. The van der Waals surface area contributed by atoms with Gasteiger partial charge in [-0.05, 0) is 176 Å². The third-order valence-corrected chi connectivity index (χ3v) is 18.1. The van der Waals surface area contributed by atoms with Crippen LogP contribution in [0.15, 0.2) is 289 Å². The maximum Gasteiger partial charge on any atom is 0.227 e. The largest absolute Gasteiger partial charge is 0.436 e. The molecule has 0 amide bonds. The van der Waals surface area contributed by atoms with Crippen LogP contribution < -0.4 is 0 Å². The Morgan fingerprint density at radius 1 is 0.239 bits per heavy atom. The zero-order valence-corrected chi connectivity index (χ0v) is 49.2. The molecule has 0 fully saturated rings. The third-order valence-electron chi connectivity index (χ3n) is 17.0. The van der Waals surface area contributed by atoms with Crippen molar-refractivity contribution in [1.29, 1.82) is 0 Å². The van der Waals surface area contributed by atoms with E-state index in [-0.39, 0.29) is 0 Å². The van der Waals surface area contributed by atoms with E-state index in [1.54, 1.807) is 11.3 Å². The number of hydrogen-bond donors (Lipinski definition) is 0. The molecule has 92 heavy (non-hydrogen) atoms. The van der Waals surface area contributed by atoms with Crippen molar-refractivity contribution < 1.29 is 22.1 Å². The molecule has 20 aromatic rings. The van der Waals surface area contributed by atoms with Gasteiger partial charge in [0.1, 0.15) is 32.6 Å². The molecule has 0 aliphatic rings. The van der Waals surface area contributed by atoms with Crippen molar-refractivity contribution in [2.45, 2.75) is 0 Å². The molecule has 0 saturated carbocycles. The zero-order valence-electron chi connectivity index (χ0n) is 48.4. The summed E-state index contributed by atoms with van der Waals surface area (Å²) in [5, 5.41) is 5.27. The van der Waals surface area contributed by atoms with E-state index >= 15 is 0 Å². The van der Waals surface area contributed by atoms with Crippen LogP contribution >= 0.6 is 11.3 Å². The molecule has 8 heterocycles. The van der Waals surface area contributed by atoms with Gasteiger partial charge in [0.15, 0.2) is 27.9 Å². The maximum atomic E-state index is 6.17. The predicted octanol–water partition coefficient (Wildman–Crippen LogP) is 20.9. The summed E-state index contributed by atoms with van der Waals surface area (Å²) in [7, 11) is 0. The molecule has 0 aliphatic carbocycles. The fraction of sp³-hybridized carbons (Fsp3) is 0. The van der Waals surface area contributed by atoms with E-state index in [0.717, 1.165) is 154 Å². The summed E-state index contributed by atoms with van der Waals surface area (Å²) < 4.78 is 36.6. The van der Waals surface area contributed by atoms with Crippen LogP contribution in [0.5, 0.6) is 0 Å². The molecule has 432 valence electrons. The number of benzene rings is 12. The van der Waals surface area contributed by atoms with Gasteiger partial charge in [0.05, 0.1) is 32.3 Å². The Morgan fingerprint density at radius 3 is 0.870 bits per heavy atom. The number of thiazole rings is 1. The van der Waals surface area contributed by atoms with Gasteiger partial charge in [-0.1, -0.05) is 91.0 Å². The van der Waals surface area contributed by atoms with Crippen molar-refractivity contribution in [3.05, 3.63) is 267 Å². The molecule has 0 saturated heterocycles. The smallest absolute Gasteiger partial charge is 0.227 e. The Balaban J connectivity index is 0.000000132. The first kappa shape index (κ1) is 51.5. The standard InChI is InChI=1S/C39H22N4O3.C39H22N4O2S/c1-4-13-34-29(10-1)40-37(44-34)23-8-7-9-26(20-23)43-32-18-16-24(38-41-30-11-2-5-14-35(30)45-38)21-27(32)28-22-25(17-19-33(28)43)39-42-31-12-3-6-15-36(31)46-39;1-4-13-34-29(10-1)40-37(44-34)23-16-18-32-27(21-23)28-22-24(38-41-30-11-2-5-14-35(30)45-38)17-19-33(28)43(32)26-9-7-8-25(20-26)39-42-31-12-3-6-15-36(31)46-39/h2*1-22H. The summed E-state index contributed by atoms with van der Waals surface area (Å²) in [6, 6.07) is 89.9. The van der Waals surface area contributed by atoms with Gasteiger partial charge < -0.3 is 31.2 Å². The second-order valence-electron chi connectivity index (χ2n) is 22.6. The van der Waals surface area contributed by atoms with Crippen LogP contribution in [0.1, 0.15) is 0 Å². The number of hydrogen-bond acceptors (Lipinski definition) is 12. The molecule has 0 bridgehead atoms. The molecule has 0 unspecified atom stereocenters. The third kappa shape index (κ3) is 8.61. The van der Waals surface area contributed by atoms with Gasteiger partial charge in [-0.15, -0.1) is 11.3 Å². The molecule has 0 aliphatic heterocycles. The van der Waals surface area contributed by atoms with Gasteiger partial charge in [0.25, 0.3) is 0 Å². The maximum absolute atomic E-state index is 6.17. The van der Waals surface area contributed by atoms with Crippen LogP contribution in [0, 0.1) is 0 Å². The number of aromatic nitrogens is 8. The zero-order chi connectivity index (χ0) is 60.4. The summed E-state index contributed by atoms with van der Waals surface area (Å²) in [4.78, 5) is 28.8. The highest BCUT2D eigenvalue weighted by atomic mass is 32.1. The summed E-state index contributed by atoms with van der Waals surface area (Å²) in [5.74, 6) is 2.93. The van der Waals surface area contributed by atoms with Crippen molar-refractivity contribution >= 4 is 121 Å². The number of oxazole rings is 5. The molecular formula is C78H44N8O5S. The topological polar surface area (TPSA) is 153 Å². The molecule has 0 spiro atoms. The van der Waals surface area contributed by atoms with Gasteiger partial charge in [-0.3, -0.25) is 0 Å². The lowest BCUT2D eigenvalue weighted by Crippen LogP contribution is -1.94. The summed E-state index contributed by atoms with van der Waals surface area (Å²) in [5.41, 5.74) is 20.9. The van der Waals surface area contributed by atoms with Gasteiger partial charge in [-0.25, -0.2) is 29.9 Å². The van der Waals surface area contributed by atoms with Crippen molar-refractivity contribution in [3.63, 3.8) is 0 Å². The predicted molar refractivity (Wildman–Crippen MR) is 365 cm³/mol. The first-order valence-electron chi connectivity index (χ1n) is 30.0. The molecule has 0 N–H and O–H groups in total. The summed E-state index contributed by atoms with van der Waals surface area (Å²) in [6.45, 7) is 0. The molecule has 0 radical (unpaired) electrons. The van der Waals surface area contributed by atoms with Crippen molar-refractivity contribution in [1.82, 2.24) is 39.0 Å². The van der Waals surface area contributed by atoms with E-state index in [9.17, 15) is 0 Å². The second kappa shape index (κ2) is 20.5. The molecular weight excluding hydrogens is 1160 g/mol. The second-order valence-corrected chi connectivity index (χ2v) is 23.7. The van der Waals surface area contributed by atoms with Gasteiger partial charge >= 0.3 is 0 Å². The normalized spacial score (nSPS) is 11.9. The monoisotopic (exact) mass is 1200 g/mol. The number of fused-ring (bicyclic) bond motifs is 12. The Labute approximate surface area is 525 Å². The fourth-order valence-electron chi connectivity index (χ4n) is 12.7. The van der Waals surface area contributed by atoms with E-state index in [4.69, 9.17) is 52.0 Å². The van der Waals surface area contributed by atoms with Crippen LogP contribution in [0.4, 0.5) is 0 Å². The number of nitrogens with zero attached hydrogens (tertiary/aromatic N) is 8. The fourth-order valence-corrected chi connectivity index (χ4v) is 13.6. The van der Waals surface area contributed by atoms with Gasteiger partial charge in [0, 0.05) is 66.3 Å².